The molecule has 0 aliphatic carbocycles. The summed E-state index contributed by atoms with van der Waals surface area (Å²) in [7, 11) is 1.62. The third-order valence-electron chi connectivity index (χ3n) is 6.86. The second-order valence-corrected chi connectivity index (χ2v) is 9.05. The maximum atomic E-state index is 13.9. The van der Waals surface area contributed by atoms with Crippen molar-refractivity contribution in [2.75, 3.05) is 7.11 Å². The van der Waals surface area contributed by atoms with Crippen LogP contribution in [0.1, 0.15) is 55.0 Å². The number of fused-ring (bicyclic) bond motifs is 1. The average molecular weight is 464 g/mol. The van der Waals surface area contributed by atoms with Gasteiger partial charge in [0.15, 0.2) is 11.6 Å². The molecule has 2 aliphatic heterocycles. The first-order valence-electron chi connectivity index (χ1n) is 11.6. The summed E-state index contributed by atoms with van der Waals surface area (Å²) in [6.45, 7) is 1.93. The third-order valence-corrected chi connectivity index (χ3v) is 6.86. The summed E-state index contributed by atoms with van der Waals surface area (Å²) in [6.07, 6.45) is 9.78. The summed E-state index contributed by atoms with van der Waals surface area (Å²) in [5.41, 5.74) is 4.03. The molecule has 0 N–H and O–H groups in total. The van der Waals surface area contributed by atoms with Crippen LogP contribution in [-0.4, -0.2) is 33.5 Å². The number of amides is 1. The summed E-state index contributed by atoms with van der Waals surface area (Å²) in [5.74, 6) is -1.09. The number of rotatable bonds is 4. The number of ether oxygens (including phenoxy) is 1. The number of piperidine rings is 2. The predicted octanol–water partition coefficient (Wildman–Crippen LogP) is 5.77. The molecule has 0 saturated carbocycles. The first kappa shape index (κ1) is 22.3. The molecule has 7 heteroatoms. The molecule has 1 amide bonds. The van der Waals surface area contributed by atoms with E-state index in [1.165, 1.54) is 6.07 Å². The highest BCUT2D eigenvalue weighted by atomic mass is 19.2. The van der Waals surface area contributed by atoms with Gasteiger partial charge in [0.2, 0.25) is 0 Å². The van der Waals surface area contributed by atoms with Gasteiger partial charge in [-0.15, -0.1) is 0 Å². The maximum absolute atomic E-state index is 13.9. The minimum Gasteiger partial charge on any atom is -0.495 e. The molecule has 3 aromatic rings. The number of methoxy groups -OCH3 is 1. The second kappa shape index (κ2) is 9.05. The van der Waals surface area contributed by atoms with E-state index in [0.717, 1.165) is 54.3 Å². The zero-order valence-corrected chi connectivity index (χ0v) is 19.3. The topological polar surface area (TPSA) is 47.4 Å². The van der Waals surface area contributed by atoms with Gasteiger partial charge in [-0.2, -0.15) is 0 Å². The first-order chi connectivity index (χ1) is 16.4. The van der Waals surface area contributed by atoms with Gasteiger partial charge in [0.05, 0.1) is 30.9 Å². The van der Waals surface area contributed by atoms with E-state index in [9.17, 15) is 13.6 Å². The summed E-state index contributed by atoms with van der Waals surface area (Å²) in [6, 6.07) is 9.68. The van der Waals surface area contributed by atoms with Crippen LogP contribution in [0.2, 0.25) is 0 Å². The second-order valence-electron chi connectivity index (χ2n) is 9.05. The highest BCUT2D eigenvalue weighted by Crippen LogP contribution is 2.41. The lowest BCUT2D eigenvalue weighted by atomic mass is 9.84. The third kappa shape index (κ3) is 4.11. The van der Waals surface area contributed by atoms with Crippen LogP contribution < -0.4 is 4.74 Å². The van der Waals surface area contributed by atoms with Crippen molar-refractivity contribution in [2.45, 2.75) is 51.1 Å². The molecular formula is C27H27F2N3O2. The Morgan fingerprint density at radius 3 is 2.68 bits per heavy atom. The molecule has 0 bridgehead atoms. The van der Waals surface area contributed by atoms with E-state index >= 15 is 0 Å². The Morgan fingerprint density at radius 2 is 1.94 bits per heavy atom. The fraction of sp³-hybridized carbons (Fsp3) is 0.333. The molecule has 34 heavy (non-hydrogen) atoms. The first-order valence-corrected chi connectivity index (χ1v) is 11.6. The van der Waals surface area contributed by atoms with Crippen LogP contribution in [0.15, 0.2) is 54.5 Å². The number of aryl methyl sites for hydroxylation is 1. The van der Waals surface area contributed by atoms with Crippen LogP contribution in [0.5, 0.6) is 5.75 Å². The minimum atomic E-state index is -0.875. The Balaban J connectivity index is 1.45. The van der Waals surface area contributed by atoms with Crippen molar-refractivity contribution in [1.29, 1.82) is 0 Å². The van der Waals surface area contributed by atoms with Crippen LogP contribution in [0, 0.1) is 18.6 Å². The molecule has 2 aromatic carbocycles. The molecule has 1 aromatic heterocycles. The van der Waals surface area contributed by atoms with E-state index in [0.29, 0.717) is 17.7 Å². The molecule has 176 valence electrons. The average Bonchev–Trinajstić information content (AvgIpc) is 3.28. The molecule has 0 unspecified atom stereocenters. The van der Waals surface area contributed by atoms with Crippen LogP contribution in [0.25, 0.3) is 11.8 Å². The van der Waals surface area contributed by atoms with Gasteiger partial charge in [-0.25, -0.2) is 13.8 Å². The van der Waals surface area contributed by atoms with Crippen molar-refractivity contribution in [2.24, 2.45) is 0 Å². The number of benzene rings is 2. The number of aromatic nitrogens is 2. The summed E-state index contributed by atoms with van der Waals surface area (Å²) in [4.78, 5) is 19.8. The molecule has 3 heterocycles. The van der Waals surface area contributed by atoms with Crippen LogP contribution in [0.4, 0.5) is 8.78 Å². The van der Waals surface area contributed by atoms with Crippen LogP contribution in [-0.2, 0) is 4.79 Å². The number of nitrogens with zero attached hydrogens (tertiary/aromatic N) is 3. The van der Waals surface area contributed by atoms with Crippen molar-refractivity contribution in [3.05, 3.63) is 83.0 Å². The van der Waals surface area contributed by atoms with Crippen molar-refractivity contribution >= 4 is 12.0 Å². The molecule has 2 atom stereocenters. The van der Waals surface area contributed by atoms with Gasteiger partial charge in [0.25, 0.3) is 5.91 Å². The number of imidazole rings is 1. The van der Waals surface area contributed by atoms with Gasteiger partial charge in [-0.3, -0.25) is 4.79 Å². The van der Waals surface area contributed by atoms with Gasteiger partial charge in [-0.1, -0.05) is 12.1 Å². The highest BCUT2D eigenvalue weighted by Gasteiger charge is 2.39. The molecule has 2 aliphatic rings. The smallest absolute Gasteiger partial charge is 0.250 e. The number of halogens is 2. The molecule has 5 nitrogen and oxygen atoms in total. The monoisotopic (exact) mass is 463 g/mol. The highest BCUT2D eigenvalue weighted by molar-refractivity contribution is 5.99. The largest absolute Gasteiger partial charge is 0.495 e. The Kier molecular flexibility index (Phi) is 5.94. The van der Waals surface area contributed by atoms with E-state index in [2.05, 4.69) is 4.98 Å². The Hall–Kier alpha value is -3.48. The van der Waals surface area contributed by atoms with Crippen molar-refractivity contribution in [3.8, 4) is 11.4 Å². The summed E-state index contributed by atoms with van der Waals surface area (Å²) in [5, 5.41) is 0. The zero-order valence-electron chi connectivity index (χ0n) is 19.3. The van der Waals surface area contributed by atoms with Gasteiger partial charge < -0.3 is 14.2 Å². The molecular weight excluding hydrogens is 436 g/mol. The number of carbonyl (C=O) groups is 1. The maximum Gasteiger partial charge on any atom is 0.250 e. The van der Waals surface area contributed by atoms with Crippen molar-refractivity contribution in [1.82, 2.24) is 14.5 Å². The van der Waals surface area contributed by atoms with E-state index in [1.807, 2.05) is 46.9 Å². The van der Waals surface area contributed by atoms with Crippen LogP contribution in [0.3, 0.4) is 0 Å². The molecule has 5 rings (SSSR count). The Morgan fingerprint density at radius 1 is 1.09 bits per heavy atom. The standard InChI is InChI=1S/C27H27F2N3O2/c1-17-15-31(16-30-17)25-11-6-18(13-26(25)34-2)12-20-7-9-21-4-3-5-24(32(21)27(20)33)19-8-10-22(28)23(29)14-19/h6,8,10-16,21,24H,3-5,7,9H2,1-2H3/b20-12+/t21-,24-/m1/s1. The lowest BCUT2D eigenvalue weighted by Crippen LogP contribution is -2.49. The molecule has 0 spiro atoms. The normalized spacial score (nSPS) is 21.6. The zero-order chi connectivity index (χ0) is 23.8. The van der Waals surface area contributed by atoms with Crippen molar-refractivity contribution < 1.29 is 18.3 Å². The minimum absolute atomic E-state index is 0.0287. The lowest BCUT2D eigenvalue weighted by Gasteiger charge is -2.46. The fourth-order valence-corrected chi connectivity index (χ4v) is 5.20. The number of carbonyl (C=O) groups excluding carboxylic acids is 1. The Bertz CT molecular complexity index is 1270. The summed E-state index contributed by atoms with van der Waals surface area (Å²) < 4.78 is 35.0. The number of hydrogen-bond donors (Lipinski definition) is 0. The predicted molar refractivity (Wildman–Crippen MR) is 126 cm³/mol. The van der Waals surface area contributed by atoms with E-state index in [1.54, 1.807) is 19.5 Å². The van der Waals surface area contributed by atoms with E-state index in [-0.39, 0.29) is 18.0 Å². The van der Waals surface area contributed by atoms with Gasteiger partial charge in [0, 0.05) is 17.8 Å². The van der Waals surface area contributed by atoms with E-state index in [4.69, 9.17) is 4.74 Å². The molecule has 2 saturated heterocycles. The Labute approximate surface area is 197 Å². The van der Waals surface area contributed by atoms with E-state index < -0.39 is 11.6 Å². The van der Waals surface area contributed by atoms with Gasteiger partial charge in [-0.05, 0) is 80.5 Å². The van der Waals surface area contributed by atoms with Gasteiger partial charge >= 0.3 is 0 Å². The summed E-state index contributed by atoms with van der Waals surface area (Å²) >= 11 is 0. The quantitative estimate of drug-likeness (QED) is 0.462. The molecule has 0 radical (unpaired) electrons. The van der Waals surface area contributed by atoms with Crippen LogP contribution >= 0.6 is 0 Å². The SMILES string of the molecule is COc1cc(/C=C2\CC[C@H]3CCC[C@H](c4ccc(F)c(F)c4)N3C2=O)ccc1-n1cnc(C)c1. The number of hydrogen-bond acceptors (Lipinski definition) is 3. The van der Waals surface area contributed by atoms with Crippen molar-refractivity contribution in [3.63, 3.8) is 0 Å². The van der Waals surface area contributed by atoms with Gasteiger partial charge in [0.1, 0.15) is 5.75 Å². The molecule has 2 fully saturated rings. The lowest BCUT2D eigenvalue weighted by molar-refractivity contribution is -0.136. The fourth-order valence-electron chi connectivity index (χ4n) is 5.20.